The third kappa shape index (κ3) is 2.96. The number of hydroxylamine groups is 2. The number of hydrogen-bond acceptors (Lipinski definition) is 3. The van der Waals surface area contributed by atoms with Crippen molar-refractivity contribution in [1.82, 2.24) is 5.06 Å². The number of nitrogens with zero attached hydrogens (tertiary/aromatic N) is 1. The summed E-state index contributed by atoms with van der Waals surface area (Å²) < 4.78 is 0. The van der Waals surface area contributed by atoms with E-state index in [0.29, 0.717) is 28.9 Å². The van der Waals surface area contributed by atoms with Gasteiger partial charge in [-0.1, -0.05) is 55.8 Å². The molecule has 1 aromatic rings. The van der Waals surface area contributed by atoms with Gasteiger partial charge < -0.3 is 5.11 Å². The Morgan fingerprint density at radius 2 is 1.90 bits per heavy atom. The van der Waals surface area contributed by atoms with E-state index in [0.717, 1.165) is 37.1 Å². The van der Waals surface area contributed by atoms with Crippen LogP contribution in [0.25, 0.3) is 0 Å². The molecule has 0 bridgehead atoms. The average Bonchev–Trinajstić information content (AvgIpc) is 3.24. The van der Waals surface area contributed by atoms with Gasteiger partial charge in [-0.05, 0) is 86.0 Å². The average molecular weight is 422 g/mol. The van der Waals surface area contributed by atoms with Crippen LogP contribution < -0.4 is 0 Å². The molecular weight excluding hydrogens is 382 g/mol. The van der Waals surface area contributed by atoms with Crippen molar-refractivity contribution in [2.45, 2.75) is 90.5 Å². The van der Waals surface area contributed by atoms with Crippen molar-refractivity contribution < 1.29 is 9.94 Å². The van der Waals surface area contributed by atoms with Gasteiger partial charge in [-0.2, -0.15) is 5.06 Å². The Balaban J connectivity index is 1.29. The second-order valence-corrected chi connectivity index (χ2v) is 11.9. The Hall–Kier alpha value is -1.16. The SMILES string of the molecule is C[C@H]1ON(Cc2ccccc2)[C@@H]2CC3[C@@H]4CC=C5C[C@@H](O)CC[C@]5(C)[C@H]4CC[C@]3(C)[C@@H]21. The number of hydrogen-bond donors (Lipinski definition) is 1. The minimum atomic E-state index is -0.111. The van der Waals surface area contributed by atoms with E-state index in [-0.39, 0.29) is 6.10 Å². The van der Waals surface area contributed by atoms with Crippen LogP contribution in [0.3, 0.4) is 0 Å². The summed E-state index contributed by atoms with van der Waals surface area (Å²) in [5, 5.41) is 12.6. The van der Waals surface area contributed by atoms with Crippen molar-refractivity contribution in [3.05, 3.63) is 47.5 Å². The molecule has 0 spiro atoms. The van der Waals surface area contributed by atoms with Gasteiger partial charge in [-0.25, -0.2) is 0 Å². The van der Waals surface area contributed by atoms with E-state index in [1.54, 1.807) is 5.57 Å². The molecule has 0 aromatic heterocycles. The molecule has 3 nitrogen and oxygen atoms in total. The largest absolute Gasteiger partial charge is 0.393 e. The lowest BCUT2D eigenvalue weighted by atomic mass is 9.47. The van der Waals surface area contributed by atoms with E-state index in [9.17, 15) is 5.11 Å². The van der Waals surface area contributed by atoms with Crippen LogP contribution in [-0.4, -0.2) is 28.4 Å². The summed E-state index contributed by atoms with van der Waals surface area (Å²) in [4.78, 5) is 6.49. The maximum Gasteiger partial charge on any atom is 0.0814 e. The summed E-state index contributed by atoms with van der Waals surface area (Å²) >= 11 is 0. The minimum Gasteiger partial charge on any atom is -0.393 e. The van der Waals surface area contributed by atoms with Gasteiger partial charge in [0.15, 0.2) is 0 Å². The first kappa shape index (κ1) is 20.4. The first-order valence-electron chi connectivity index (χ1n) is 12.7. The second-order valence-electron chi connectivity index (χ2n) is 11.9. The van der Waals surface area contributed by atoms with E-state index in [1.165, 1.54) is 37.7 Å². The molecule has 3 heteroatoms. The monoisotopic (exact) mass is 421 g/mol. The fourth-order valence-electron chi connectivity index (χ4n) is 9.11. The van der Waals surface area contributed by atoms with Gasteiger partial charge in [0.2, 0.25) is 0 Å². The summed E-state index contributed by atoms with van der Waals surface area (Å²) in [5.74, 6) is 3.05. The number of benzene rings is 1. The number of aliphatic hydroxyl groups is 1. The lowest BCUT2D eigenvalue weighted by molar-refractivity contribution is -0.177. The number of allylic oxidation sites excluding steroid dienone is 1. The first-order chi connectivity index (χ1) is 14.9. The zero-order valence-corrected chi connectivity index (χ0v) is 19.5. The van der Waals surface area contributed by atoms with Crippen molar-refractivity contribution in [2.24, 2.45) is 34.5 Å². The molecule has 1 aromatic carbocycles. The fraction of sp³-hybridized carbons (Fsp3) is 0.714. The van der Waals surface area contributed by atoms with E-state index >= 15 is 0 Å². The zero-order valence-electron chi connectivity index (χ0n) is 19.5. The third-order valence-electron chi connectivity index (χ3n) is 10.5. The van der Waals surface area contributed by atoms with Crippen LogP contribution in [0.4, 0.5) is 0 Å². The van der Waals surface area contributed by atoms with E-state index in [1.807, 2.05) is 0 Å². The van der Waals surface area contributed by atoms with Crippen molar-refractivity contribution in [3.63, 3.8) is 0 Å². The van der Waals surface area contributed by atoms with E-state index in [4.69, 9.17) is 4.84 Å². The zero-order chi connectivity index (χ0) is 21.4. The topological polar surface area (TPSA) is 32.7 Å². The number of aliphatic hydroxyl groups excluding tert-OH is 1. The summed E-state index contributed by atoms with van der Waals surface area (Å²) in [6.45, 7) is 8.37. The van der Waals surface area contributed by atoms with Crippen LogP contribution in [0.2, 0.25) is 0 Å². The van der Waals surface area contributed by atoms with E-state index < -0.39 is 0 Å². The van der Waals surface area contributed by atoms with Gasteiger partial charge in [-0.15, -0.1) is 0 Å². The number of fused-ring (bicyclic) bond motifs is 7. The van der Waals surface area contributed by atoms with Gasteiger partial charge in [0.25, 0.3) is 0 Å². The van der Waals surface area contributed by atoms with Gasteiger partial charge in [0.05, 0.1) is 12.2 Å². The molecule has 4 fully saturated rings. The molecule has 168 valence electrons. The van der Waals surface area contributed by atoms with Crippen molar-refractivity contribution in [2.75, 3.05) is 0 Å². The maximum absolute atomic E-state index is 10.3. The molecule has 6 rings (SSSR count). The van der Waals surface area contributed by atoms with Crippen LogP contribution in [0.5, 0.6) is 0 Å². The van der Waals surface area contributed by atoms with Crippen LogP contribution in [-0.2, 0) is 11.4 Å². The third-order valence-corrected chi connectivity index (χ3v) is 10.5. The minimum absolute atomic E-state index is 0.111. The molecule has 3 saturated carbocycles. The lowest BCUT2D eigenvalue weighted by Gasteiger charge is -2.58. The molecule has 0 radical (unpaired) electrons. The highest BCUT2D eigenvalue weighted by molar-refractivity contribution is 5.26. The summed E-state index contributed by atoms with van der Waals surface area (Å²) in [6, 6.07) is 11.4. The molecule has 1 aliphatic heterocycles. The summed E-state index contributed by atoms with van der Waals surface area (Å²) in [5.41, 5.74) is 3.66. The van der Waals surface area contributed by atoms with Crippen LogP contribution in [0.1, 0.15) is 71.3 Å². The van der Waals surface area contributed by atoms with Gasteiger partial charge in [0.1, 0.15) is 0 Å². The Morgan fingerprint density at radius 1 is 1.10 bits per heavy atom. The Morgan fingerprint density at radius 3 is 2.71 bits per heavy atom. The molecule has 1 N–H and O–H groups in total. The second kappa shape index (κ2) is 7.17. The molecule has 1 heterocycles. The Kier molecular flexibility index (Phi) is 4.73. The van der Waals surface area contributed by atoms with Crippen LogP contribution >= 0.6 is 0 Å². The Bertz CT molecular complexity index is 867. The van der Waals surface area contributed by atoms with Gasteiger partial charge >= 0.3 is 0 Å². The van der Waals surface area contributed by atoms with Crippen LogP contribution in [0, 0.1) is 34.5 Å². The molecule has 1 unspecified atom stereocenters. The predicted octanol–water partition coefficient (Wildman–Crippen LogP) is 5.74. The quantitative estimate of drug-likeness (QED) is 0.618. The molecule has 9 atom stereocenters. The standard InChI is InChI=1S/C28H39NO2/c1-18-26-25(29(31-18)17-19-7-5-4-6-8-19)16-24-22-10-9-20-15-21(30)11-13-27(20,2)23(22)12-14-28(24,26)3/h4-9,18,21-26,30H,10-17H2,1-3H3/t18-,21+,22-,23+,24?,25-,26-,27+,28+/m1/s1. The predicted molar refractivity (Wildman–Crippen MR) is 123 cm³/mol. The molecular formula is C28H39NO2. The van der Waals surface area contributed by atoms with Crippen molar-refractivity contribution in [3.8, 4) is 0 Å². The molecule has 31 heavy (non-hydrogen) atoms. The molecule has 0 amide bonds. The van der Waals surface area contributed by atoms with Gasteiger partial charge in [0, 0.05) is 18.5 Å². The number of rotatable bonds is 2. The Labute approximate surface area is 187 Å². The summed E-state index contributed by atoms with van der Waals surface area (Å²) in [7, 11) is 0. The van der Waals surface area contributed by atoms with Gasteiger partial charge in [-0.3, -0.25) is 4.84 Å². The van der Waals surface area contributed by atoms with Crippen LogP contribution in [0.15, 0.2) is 42.0 Å². The molecule has 5 aliphatic rings. The summed E-state index contributed by atoms with van der Waals surface area (Å²) in [6.07, 6.45) is 11.1. The highest BCUT2D eigenvalue weighted by Crippen LogP contribution is 2.68. The van der Waals surface area contributed by atoms with E-state index in [2.05, 4.69) is 62.2 Å². The van der Waals surface area contributed by atoms with Crippen molar-refractivity contribution in [1.29, 1.82) is 0 Å². The smallest absolute Gasteiger partial charge is 0.0814 e. The normalized spacial score (nSPS) is 49.0. The molecule has 1 saturated heterocycles. The highest BCUT2D eigenvalue weighted by Gasteiger charge is 2.65. The lowest BCUT2D eigenvalue weighted by Crippen LogP contribution is -2.51. The maximum atomic E-state index is 10.3. The van der Waals surface area contributed by atoms with Crippen molar-refractivity contribution >= 4 is 0 Å². The highest BCUT2D eigenvalue weighted by atomic mass is 16.7. The molecule has 4 aliphatic carbocycles. The fourth-order valence-corrected chi connectivity index (χ4v) is 9.11. The first-order valence-corrected chi connectivity index (χ1v) is 12.7.